The molecular weight excluding hydrogens is 476 g/mol. The largest absolute Gasteiger partial charge is 0.478 e. The van der Waals surface area contributed by atoms with E-state index in [1.807, 2.05) is 6.92 Å². The summed E-state index contributed by atoms with van der Waals surface area (Å²) in [5.41, 5.74) is 2.19. The van der Waals surface area contributed by atoms with E-state index in [0.29, 0.717) is 29.6 Å². The van der Waals surface area contributed by atoms with Crippen LogP contribution in [-0.4, -0.2) is 45.3 Å². The molecule has 3 amide bonds. The van der Waals surface area contributed by atoms with Crippen LogP contribution in [0.1, 0.15) is 43.6 Å². The number of ether oxygens (including phenoxy) is 1. The van der Waals surface area contributed by atoms with Crippen molar-refractivity contribution in [2.45, 2.75) is 39.8 Å². The maximum Gasteiger partial charge on any atom is 0.413 e. The molecule has 194 valence electrons. The summed E-state index contributed by atoms with van der Waals surface area (Å²) < 4.78 is 5.19. The third-order valence-electron chi connectivity index (χ3n) is 4.82. The average molecular weight is 507 g/mol. The second kappa shape index (κ2) is 11.8. The molecule has 0 aliphatic heterocycles. The number of hydrogen-bond donors (Lipinski definition) is 5. The lowest BCUT2D eigenvalue weighted by Gasteiger charge is -2.19. The minimum atomic E-state index is -1.05. The normalized spacial score (nSPS) is 10.8. The molecule has 0 aliphatic rings. The van der Waals surface area contributed by atoms with E-state index in [0.717, 1.165) is 11.1 Å². The number of aromatic nitrogens is 2. The Morgan fingerprint density at radius 1 is 0.973 bits per heavy atom. The molecular formula is C26H30N6O5. The van der Waals surface area contributed by atoms with E-state index in [4.69, 9.17) is 4.74 Å². The summed E-state index contributed by atoms with van der Waals surface area (Å²) in [6.45, 7) is 7.95. The molecule has 0 spiro atoms. The van der Waals surface area contributed by atoms with Crippen molar-refractivity contribution in [3.63, 3.8) is 0 Å². The number of carbonyl (C=O) groups is 3. The molecule has 0 aliphatic carbocycles. The summed E-state index contributed by atoms with van der Waals surface area (Å²) in [5.74, 6) is -0.408. The van der Waals surface area contributed by atoms with E-state index < -0.39 is 23.7 Å². The Bertz CT molecular complexity index is 1250. The van der Waals surface area contributed by atoms with Crippen molar-refractivity contribution in [2.24, 2.45) is 0 Å². The summed E-state index contributed by atoms with van der Waals surface area (Å²) in [7, 11) is 0. The molecule has 0 radical (unpaired) electrons. The number of benzene rings is 1. The van der Waals surface area contributed by atoms with Gasteiger partial charge in [0.25, 0.3) is 0 Å². The monoisotopic (exact) mass is 506 g/mol. The molecule has 0 saturated carbocycles. The van der Waals surface area contributed by atoms with Crippen molar-refractivity contribution in [1.82, 2.24) is 15.3 Å². The predicted molar refractivity (Wildman–Crippen MR) is 141 cm³/mol. The summed E-state index contributed by atoms with van der Waals surface area (Å²) in [6.07, 6.45) is 0.953. The zero-order valence-electron chi connectivity index (χ0n) is 21.1. The summed E-state index contributed by atoms with van der Waals surface area (Å²) >= 11 is 0. The van der Waals surface area contributed by atoms with Crippen LogP contribution in [0, 0.1) is 0 Å². The smallest absolute Gasteiger partial charge is 0.413 e. The quantitative estimate of drug-likeness (QED) is 0.288. The van der Waals surface area contributed by atoms with Crippen molar-refractivity contribution in [2.75, 3.05) is 22.5 Å². The summed E-state index contributed by atoms with van der Waals surface area (Å²) in [6, 6.07) is 13.1. The van der Waals surface area contributed by atoms with Gasteiger partial charge >= 0.3 is 18.1 Å². The van der Waals surface area contributed by atoms with Gasteiger partial charge in [0.15, 0.2) is 0 Å². The second-order valence-corrected chi connectivity index (χ2v) is 8.99. The summed E-state index contributed by atoms with van der Waals surface area (Å²) in [4.78, 5) is 44.1. The molecule has 0 saturated heterocycles. The molecule has 3 aromatic rings. The highest BCUT2D eigenvalue weighted by molar-refractivity contribution is 5.94. The van der Waals surface area contributed by atoms with Gasteiger partial charge in [-0.2, -0.15) is 0 Å². The highest BCUT2D eigenvalue weighted by atomic mass is 16.6. The molecule has 2 aromatic heterocycles. The van der Waals surface area contributed by atoms with Crippen LogP contribution in [-0.2, 0) is 11.3 Å². The lowest BCUT2D eigenvalue weighted by Crippen LogP contribution is -2.28. The first-order chi connectivity index (χ1) is 17.5. The number of carboxylic acid groups (broad SMARTS) is 1. The van der Waals surface area contributed by atoms with Gasteiger partial charge in [0.2, 0.25) is 0 Å². The van der Waals surface area contributed by atoms with Gasteiger partial charge in [0.05, 0.1) is 5.69 Å². The fourth-order valence-corrected chi connectivity index (χ4v) is 3.19. The van der Waals surface area contributed by atoms with E-state index >= 15 is 0 Å². The topological polar surface area (TPSA) is 155 Å². The third kappa shape index (κ3) is 8.20. The molecule has 3 rings (SSSR count). The summed E-state index contributed by atoms with van der Waals surface area (Å²) in [5, 5.41) is 20.3. The average Bonchev–Trinajstić information content (AvgIpc) is 2.83. The molecule has 0 fully saturated rings. The van der Waals surface area contributed by atoms with Crippen molar-refractivity contribution in [1.29, 1.82) is 0 Å². The van der Waals surface area contributed by atoms with Crippen LogP contribution in [0.25, 0.3) is 11.3 Å². The fraction of sp³-hybridized carbons (Fsp3) is 0.269. The number of urea groups is 1. The Balaban J connectivity index is 1.53. The molecule has 5 N–H and O–H groups in total. The van der Waals surface area contributed by atoms with Gasteiger partial charge in [-0.15, -0.1) is 0 Å². The number of nitrogens with one attached hydrogen (secondary N) is 4. The van der Waals surface area contributed by atoms with Crippen LogP contribution in [0.3, 0.4) is 0 Å². The van der Waals surface area contributed by atoms with Gasteiger partial charge in [-0.1, -0.05) is 18.2 Å². The lowest BCUT2D eigenvalue weighted by atomic mass is 10.1. The van der Waals surface area contributed by atoms with Crippen LogP contribution in [0.2, 0.25) is 0 Å². The van der Waals surface area contributed by atoms with Gasteiger partial charge in [-0.25, -0.2) is 24.4 Å². The second-order valence-electron chi connectivity index (χ2n) is 8.99. The minimum absolute atomic E-state index is 0.102. The number of amides is 3. The van der Waals surface area contributed by atoms with E-state index in [9.17, 15) is 19.5 Å². The van der Waals surface area contributed by atoms with Crippen LogP contribution < -0.4 is 21.3 Å². The maximum absolute atomic E-state index is 12.3. The van der Waals surface area contributed by atoms with Crippen LogP contribution >= 0.6 is 0 Å². The number of aromatic carboxylic acids is 1. The standard InChI is InChI=1S/C26H30N6O5/c1-5-27-22-19(23(33)34)11-12-20(31-22)17-7-9-18(10-8-17)30-24(35)29-15-16-6-13-21(28-14-16)32-25(36)37-26(2,3)4/h6-14H,5,15H2,1-4H3,(H,27,31)(H,33,34)(H,28,32,36)(H2,29,30,35). The number of nitrogens with zero attached hydrogens (tertiary/aromatic N) is 2. The Hall–Kier alpha value is -4.67. The molecule has 0 atom stereocenters. The number of hydrogen-bond acceptors (Lipinski definition) is 7. The van der Waals surface area contributed by atoms with E-state index in [1.165, 1.54) is 6.07 Å². The van der Waals surface area contributed by atoms with Gasteiger partial charge in [-0.3, -0.25) is 5.32 Å². The van der Waals surface area contributed by atoms with Gasteiger partial charge in [0, 0.05) is 30.5 Å². The molecule has 11 nitrogen and oxygen atoms in total. The highest BCUT2D eigenvalue weighted by Crippen LogP contribution is 2.23. The molecule has 11 heteroatoms. The first-order valence-electron chi connectivity index (χ1n) is 11.6. The molecule has 0 bridgehead atoms. The zero-order chi connectivity index (χ0) is 27.0. The number of carboxylic acids is 1. The first-order valence-corrected chi connectivity index (χ1v) is 11.6. The van der Waals surface area contributed by atoms with Gasteiger partial charge in [-0.05, 0) is 63.6 Å². The van der Waals surface area contributed by atoms with Crippen LogP contribution in [0.4, 0.5) is 26.9 Å². The van der Waals surface area contributed by atoms with Crippen molar-refractivity contribution in [3.05, 3.63) is 65.9 Å². The Morgan fingerprint density at radius 2 is 1.70 bits per heavy atom. The van der Waals surface area contributed by atoms with Crippen molar-refractivity contribution < 1.29 is 24.2 Å². The number of carbonyl (C=O) groups excluding carboxylic acids is 2. The van der Waals surface area contributed by atoms with E-state index in [2.05, 4.69) is 31.2 Å². The van der Waals surface area contributed by atoms with Crippen molar-refractivity contribution in [3.8, 4) is 11.3 Å². The number of rotatable bonds is 8. The molecule has 2 heterocycles. The molecule has 0 unspecified atom stereocenters. The van der Waals surface area contributed by atoms with Crippen molar-refractivity contribution >= 4 is 35.4 Å². The van der Waals surface area contributed by atoms with Gasteiger partial charge in [0.1, 0.15) is 22.8 Å². The lowest BCUT2D eigenvalue weighted by molar-refractivity contribution is 0.0633. The SMILES string of the molecule is CCNc1nc(-c2ccc(NC(=O)NCc3ccc(NC(=O)OC(C)(C)C)nc3)cc2)ccc1C(=O)O. The first kappa shape index (κ1) is 26.9. The highest BCUT2D eigenvalue weighted by Gasteiger charge is 2.16. The van der Waals surface area contributed by atoms with Crippen LogP contribution in [0.15, 0.2) is 54.7 Å². The molecule has 37 heavy (non-hydrogen) atoms. The Labute approximate surface area is 214 Å². The molecule has 1 aromatic carbocycles. The maximum atomic E-state index is 12.3. The van der Waals surface area contributed by atoms with E-state index in [-0.39, 0.29) is 12.1 Å². The Morgan fingerprint density at radius 3 is 2.30 bits per heavy atom. The van der Waals surface area contributed by atoms with Gasteiger partial charge < -0.3 is 25.8 Å². The predicted octanol–water partition coefficient (Wildman–Crippen LogP) is 4.94. The zero-order valence-corrected chi connectivity index (χ0v) is 21.1. The third-order valence-corrected chi connectivity index (χ3v) is 4.82. The minimum Gasteiger partial charge on any atom is -0.478 e. The number of anilines is 3. The number of pyridine rings is 2. The Kier molecular flexibility index (Phi) is 8.62. The van der Waals surface area contributed by atoms with Crippen LogP contribution in [0.5, 0.6) is 0 Å². The van der Waals surface area contributed by atoms with E-state index in [1.54, 1.807) is 69.4 Å². The fourth-order valence-electron chi connectivity index (χ4n) is 3.19.